The molecule has 0 spiro atoms. The minimum atomic E-state index is 0.292. The van der Waals surface area contributed by atoms with E-state index >= 15 is 0 Å². The molecule has 1 aromatic rings. The van der Waals surface area contributed by atoms with Gasteiger partial charge in [0.25, 0.3) is 0 Å². The minimum absolute atomic E-state index is 0.292. The van der Waals surface area contributed by atoms with Crippen LogP contribution >= 0.6 is 23.2 Å². The Bertz CT molecular complexity index is 308. The van der Waals surface area contributed by atoms with Gasteiger partial charge in [-0.05, 0) is 23.6 Å². The molecule has 0 aliphatic heterocycles. The maximum Gasteiger partial charge on any atom is 0.125 e. The molecule has 0 aliphatic carbocycles. The lowest BCUT2D eigenvalue weighted by atomic mass is 10.2. The van der Waals surface area contributed by atoms with Crippen LogP contribution in [0, 0.1) is 12.0 Å². The molecule has 0 heterocycles. The standard InChI is InChI=1S/C10H8Cl2O/c11-6-1-7-13-8-9-2-4-10(12)5-3-9/h2-5H,6,8H2. The van der Waals surface area contributed by atoms with Crippen molar-refractivity contribution in [1.29, 1.82) is 0 Å². The van der Waals surface area contributed by atoms with Crippen LogP contribution in [-0.2, 0) is 11.3 Å². The second-order valence-corrected chi connectivity index (χ2v) is 3.03. The number of hydrogen-bond acceptors (Lipinski definition) is 1. The van der Waals surface area contributed by atoms with Gasteiger partial charge in [-0.3, -0.25) is 0 Å². The highest BCUT2D eigenvalue weighted by Crippen LogP contribution is 2.09. The fourth-order valence-corrected chi connectivity index (χ4v) is 0.959. The van der Waals surface area contributed by atoms with E-state index in [9.17, 15) is 0 Å². The van der Waals surface area contributed by atoms with Crippen LogP contribution in [0.5, 0.6) is 0 Å². The van der Waals surface area contributed by atoms with Crippen molar-refractivity contribution in [3.05, 3.63) is 34.9 Å². The van der Waals surface area contributed by atoms with Gasteiger partial charge in [-0.25, -0.2) is 0 Å². The molecular formula is C10H8Cl2O. The molecular weight excluding hydrogens is 207 g/mol. The lowest BCUT2D eigenvalue weighted by Gasteiger charge is -1.97. The van der Waals surface area contributed by atoms with Crippen LogP contribution in [0.1, 0.15) is 5.56 Å². The van der Waals surface area contributed by atoms with Crippen LogP contribution in [0.2, 0.25) is 5.02 Å². The van der Waals surface area contributed by atoms with E-state index < -0.39 is 0 Å². The van der Waals surface area contributed by atoms with Gasteiger partial charge in [-0.1, -0.05) is 23.7 Å². The molecule has 1 aromatic carbocycles. The van der Waals surface area contributed by atoms with E-state index in [0.717, 1.165) is 10.6 Å². The van der Waals surface area contributed by atoms with Crippen LogP contribution in [-0.4, -0.2) is 5.88 Å². The number of hydrogen-bond donors (Lipinski definition) is 0. The summed E-state index contributed by atoms with van der Waals surface area (Å²) in [6.45, 7) is 0.459. The lowest BCUT2D eigenvalue weighted by molar-refractivity contribution is 0.265. The topological polar surface area (TPSA) is 9.23 Å². The first-order valence-corrected chi connectivity index (χ1v) is 4.64. The maximum atomic E-state index is 5.71. The molecule has 0 N–H and O–H groups in total. The molecule has 0 saturated heterocycles. The molecule has 0 unspecified atom stereocenters. The summed E-state index contributed by atoms with van der Waals surface area (Å²) < 4.78 is 5.01. The molecule has 0 amide bonds. The van der Waals surface area contributed by atoms with Crippen molar-refractivity contribution in [3.8, 4) is 12.0 Å². The van der Waals surface area contributed by atoms with Crippen LogP contribution < -0.4 is 0 Å². The van der Waals surface area contributed by atoms with E-state index in [2.05, 4.69) is 12.0 Å². The summed E-state index contributed by atoms with van der Waals surface area (Å²) in [5, 5.41) is 0.718. The molecule has 0 saturated carbocycles. The minimum Gasteiger partial charge on any atom is -0.442 e. The van der Waals surface area contributed by atoms with Crippen molar-refractivity contribution in [1.82, 2.24) is 0 Å². The van der Waals surface area contributed by atoms with Crippen molar-refractivity contribution in [2.24, 2.45) is 0 Å². The Balaban J connectivity index is 2.41. The van der Waals surface area contributed by atoms with Crippen LogP contribution in [0.3, 0.4) is 0 Å². The van der Waals surface area contributed by atoms with Crippen LogP contribution in [0.15, 0.2) is 24.3 Å². The fourth-order valence-electron chi connectivity index (χ4n) is 0.778. The third-order valence-electron chi connectivity index (χ3n) is 1.36. The molecule has 0 bridgehead atoms. The van der Waals surface area contributed by atoms with Crippen LogP contribution in [0.25, 0.3) is 0 Å². The molecule has 1 rings (SSSR count). The summed E-state index contributed by atoms with van der Waals surface area (Å²) in [5.41, 5.74) is 1.04. The summed E-state index contributed by atoms with van der Waals surface area (Å²) in [6, 6.07) is 7.42. The van der Waals surface area contributed by atoms with Crippen molar-refractivity contribution in [2.45, 2.75) is 6.61 Å². The third-order valence-corrected chi connectivity index (χ3v) is 1.75. The van der Waals surface area contributed by atoms with E-state index in [1.807, 2.05) is 24.3 Å². The molecule has 3 heteroatoms. The summed E-state index contributed by atoms with van der Waals surface area (Å²) in [6.07, 6.45) is 2.48. The van der Waals surface area contributed by atoms with Gasteiger partial charge < -0.3 is 4.74 Å². The highest BCUT2D eigenvalue weighted by molar-refractivity contribution is 6.30. The zero-order valence-electron chi connectivity index (χ0n) is 6.89. The lowest BCUT2D eigenvalue weighted by Crippen LogP contribution is -1.85. The van der Waals surface area contributed by atoms with Gasteiger partial charge in [-0.2, -0.15) is 0 Å². The number of ether oxygens (including phenoxy) is 1. The average molecular weight is 215 g/mol. The first kappa shape index (κ1) is 10.2. The van der Waals surface area contributed by atoms with Gasteiger partial charge in [-0.15, -0.1) is 11.6 Å². The van der Waals surface area contributed by atoms with Crippen molar-refractivity contribution in [3.63, 3.8) is 0 Å². The van der Waals surface area contributed by atoms with Crippen molar-refractivity contribution >= 4 is 23.2 Å². The number of alkyl halides is 1. The Morgan fingerprint density at radius 1 is 1.23 bits per heavy atom. The van der Waals surface area contributed by atoms with Gasteiger partial charge in [0.2, 0.25) is 0 Å². The van der Waals surface area contributed by atoms with Gasteiger partial charge in [0, 0.05) is 5.02 Å². The highest BCUT2D eigenvalue weighted by Gasteiger charge is 1.91. The average Bonchev–Trinajstić information content (AvgIpc) is 2.15. The first-order valence-electron chi connectivity index (χ1n) is 3.73. The smallest absolute Gasteiger partial charge is 0.125 e. The monoisotopic (exact) mass is 214 g/mol. The van der Waals surface area contributed by atoms with E-state index in [0.29, 0.717) is 12.5 Å². The van der Waals surface area contributed by atoms with Crippen molar-refractivity contribution < 1.29 is 4.74 Å². The molecule has 0 fully saturated rings. The molecule has 68 valence electrons. The van der Waals surface area contributed by atoms with Crippen LogP contribution in [0.4, 0.5) is 0 Å². The Labute approximate surface area is 87.6 Å². The second-order valence-electron chi connectivity index (χ2n) is 2.33. The molecule has 0 radical (unpaired) electrons. The van der Waals surface area contributed by atoms with E-state index in [1.54, 1.807) is 0 Å². The normalized spacial score (nSPS) is 8.77. The maximum absolute atomic E-state index is 5.71. The largest absolute Gasteiger partial charge is 0.442 e. The predicted molar refractivity (Wildman–Crippen MR) is 54.7 cm³/mol. The molecule has 0 aromatic heterocycles. The van der Waals surface area contributed by atoms with E-state index in [1.165, 1.54) is 0 Å². The Hall–Kier alpha value is -0.840. The summed E-state index contributed by atoms with van der Waals surface area (Å²) in [4.78, 5) is 0. The fraction of sp³-hybridized carbons (Fsp3) is 0.200. The summed E-state index contributed by atoms with van der Waals surface area (Å²) in [5.74, 6) is 2.89. The summed E-state index contributed by atoms with van der Waals surface area (Å²) in [7, 11) is 0. The number of rotatable bonds is 2. The number of benzene rings is 1. The zero-order valence-corrected chi connectivity index (χ0v) is 8.40. The predicted octanol–water partition coefficient (Wildman–Crippen LogP) is 3.06. The molecule has 1 nitrogen and oxygen atoms in total. The quantitative estimate of drug-likeness (QED) is 0.544. The third kappa shape index (κ3) is 4.07. The van der Waals surface area contributed by atoms with Gasteiger partial charge in [0.1, 0.15) is 12.7 Å². The number of halogens is 2. The van der Waals surface area contributed by atoms with E-state index in [4.69, 9.17) is 27.9 Å². The summed E-state index contributed by atoms with van der Waals surface area (Å²) >= 11 is 11.0. The second kappa shape index (κ2) is 5.75. The Morgan fingerprint density at radius 2 is 1.92 bits per heavy atom. The highest BCUT2D eigenvalue weighted by atomic mass is 35.5. The van der Waals surface area contributed by atoms with Gasteiger partial charge in [0.05, 0.1) is 5.88 Å². The van der Waals surface area contributed by atoms with Crippen molar-refractivity contribution in [2.75, 3.05) is 5.88 Å². The molecule has 0 aliphatic rings. The Morgan fingerprint density at radius 3 is 2.54 bits per heavy atom. The molecule has 13 heavy (non-hydrogen) atoms. The first-order chi connectivity index (χ1) is 6.33. The SMILES string of the molecule is ClCC#COCc1ccc(Cl)cc1. The zero-order chi connectivity index (χ0) is 9.52. The Kier molecular flexibility index (Phi) is 4.53. The molecule has 0 atom stereocenters. The van der Waals surface area contributed by atoms with Gasteiger partial charge >= 0.3 is 0 Å². The van der Waals surface area contributed by atoms with Gasteiger partial charge in [0.15, 0.2) is 0 Å². The van der Waals surface area contributed by atoms with E-state index in [-0.39, 0.29) is 0 Å².